The van der Waals surface area contributed by atoms with E-state index in [1.807, 2.05) is 19.1 Å². The Kier molecular flexibility index (Phi) is 2.80. The van der Waals surface area contributed by atoms with E-state index in [4.69, 9.17) is 12.2 Å². The van der Waals surface area contributed by atoms with Gasteiger partial charge in [-0.2, -0.15) is 0 Å². The van der Waals surface area contributed by atoms with E-state index in [0.29, 0.717) is 0 Å². The Morgan fingerprint density at radius 2 is 2.11 bits per heavy atom. The summed E-state index contributed by atoms with van der Waals surface area (Å²) in [6, 6.07) is 8.31. The number of aromatic nitrogens is 3. The number of fused-ring (bicyclic) bond motifs is 1. The molecule has 0 saturated heterocycles. The highest BCUT2D eigenvalue weighted by Gasteiger charge is 2.07. The van der Waals surface area contributed by atoms with Crippen molar-refractivity contribution in [2.75, 3.05) is 0 Å². The molecule has 1 N–H and O–H groups in total. The fourth-order valence-electron chi connectivity index (χ4n) is 2.00. The maximum Gasteiger partial charge on any atom is 0.179 e. The van der Waals surface area contributed by atoms with Gasteiger partial charge < -0.3 is 4.98 Å². The Hall–Kier alpha value is -1.46. The number of aromatic amines is 1. The number of nitrogens with one attached hydrogen (secondary N) is 1. The number of hydrogen-bond donors (Lipinski definition) is 1. The molecule has 3 aromatic rings. The van der Waals surface area contributed by atoms with Crippen molar-refractivity contribution in [2.45, 2.75) is 20.4 Å². The smallest absolute Gasteiger partial charge is 0.179 e. The third-order valence-corrected chi connectivity index (χ3v) is 4.17. The fourth-order valence-corrected chi connectivity index (χ4v) is 3.14. The number of H-pyrrole nitrogens is 1. The van der Waals surface area contributed by atoms with Crippen LogP contribution in [0.5, 0.6) is 0 Å². The van der Waals surface area contributed by atoms with E-state index in [-0.39, 0.29) is 0 Å². The molecule has 0 aliphatic heterocycles. The molecule has 0 aliphatic carbocycles. The summed E-state index contributed by atoms with van der Waals surface area (Å²) in [6.45, 7) is 4.90. The first-order valence-corrected chi connectivity index (χ1v) is 6.97. The van der Waals surface area contributed by atoms with Crippen molar-refractivity contribution >= 4 is 34.7 Å². The molecule has 5 heteroatoms. The molecule has 0 unspecified atom stereocenters. The molecular weight excluding hydrogens is 262 g/mol. The summed E-state index contributed by atoms with van der Waals surface area (Å²) < 4.78 is 2.79. The molecule has 0 amide bonds. The number of imidazole rings is 1. The van der Waals surface area contributed by atoms with Crippen LogP contribution in [0.15, 0.2) is 24.3 Å². The second kappa shape index (κ2) is 4.33. The van der Waals surface area contributed by atoms with Gasteiger partial charge in [0, 0.05) is 15.4 Å². The van der Waals surface area contributed by atoms with E-state index >= 15 is 0 Å². The van der Waals surface area contributed by atoms with Crippen LogP contribution in [0.4, 0.5) is 0 Å². The zero-order valence-electron chi connectivity index (χ0n) is 10.2. The van der Waals surface area contributed by atoms with Crippen LogP contribution in [0.1, 0.15) is 15.4 Å². The predicted molar refractivity (Wildman–Crippen MR) is 77.8 cm³/mol. The van der Waals surface area contributed by atoms with Gasteiger partial charge in [-0.05, 0) is 50.3 Å². The topological polar surface area (TPSA) is 33.6 Å². The molecule has 3 heterocycles. The number of aryl methyl sites for hydroxylation is 2. The maximum atomic E-state index is 5.37. The molecule has 0 fully saturated rings. The molecule has 0 bridgehead atoms. The lowest BCUT2D eigenvalue weighted by Crippen LogP contribution is -1.99. The van der Waals surface area contributed by atoms with Crippen molar-refractivity contribution in [3.05, 3.63) is 44.5 Å². The minimum absolute atomic E-state index is 0.731. The molecule has 92 valence electrons. The third kappa shape index (κ3) is 2.00. The van der Waals surface area contributed by atoms with E-state index in [2.05, 4.69) is 33.6 Å². The molecule has 0 radical (unpaired) electrons. The zero-order valence-corrected chi connectivity index (χ0v) is 11.9. The van der Waals surface area contributed by atoms with Crippen molar-refractivity contribution in [2.24, 2.45) is 0 Å². The highest BCUT2D eigenvalue weighted by molar-refractivity contribution is 7.71. The summed E-state index contributed by atoms with van der Waals surface area (Å²) in [6.07, 6.45) is 0. The summed E-state index contributed by atoms with van der Waals surface area (Å²) in [5.74, 6) is 0. The normalized spacial score (nSPS) is 11.2. The first-order chi connectivity index (χ1) is 8.63. The second-order valence-corrected chi connectivity index (χ2v) is 6.11. The van der Waals surface area contributed by atoms with Gasteiger partial charge in [-0.3, -0.25) is 4.57 Å². The van der Waals surface area contributed by atoms with Gasteiger partial charge in [0.05, 0.1) is 12.1 Å². The van der Waals surface area contributed by atoms with Crippen LogP contribution in [0, 0.1) is 18.6 Å². The SMILES string of the molecule is Cc1ccc2[nH]c(=S)n(Cc3ccc(C)s3)c2n1. The van der Waals surface area contributed by atoms with Crippen LogP contribution in [0.2, 0.25) is 0 Å². The first kappa shape index (κ1) is 11.6. The lowest BCUT2D eigenvalue weighted by molar-refractivity contribution is 0.811. The van der Waals surface area contributed by atoms with E-state index < -0.39 is 0 Å². The van der Waals surface area contributed by atoms with E-state index in [9.17, 15) is 0 Å². The predicted octanol–water partition coefficient (Wildman–Crippen LogP) is 3.82. The molecule has 0 saturated carbocycles. The number of rotatable bonds is 2. The van der Waals surface area contributed by atoms with Crippen molar-refractivity contribution in [3.8, 4) is 0 Å². The average Bonchev–Trinajstić information content (AvgIpc) is 2.86. The summed E-state index contributed by atoms with van der Waals surface area (Å²) in [7, 11) is 0. The summed E-state index contributed by atoms with van der Waals surface area (Å²) in [5.41, 5.74) is 2.94. The van der Waals surface area contributed by atoms with Crippen LogP contribution in [-0.4, -0.2) is 14.5 Å². The fraction of sp³-hybridized carbons (Fsp3) is 0.231. The van der Waals surface area contributed by atoms with Crippen LogP contribution >= 0.6 is 23.6 Å². The van der Waals surface area contributed by atoms with E-state index in [1.54, 1.807) is 11.3 Å². The van der Waals surface area contributed by atoms with Gasteiger partial charge in [-0.15, -0.1) is 11.3 Å². The number of pyridine rings is 1. The standard InChI is InChI=1S/C13H13N3S2/c1-8-3-6-11-12(14-8)16(13(17)15-11)7-10-5-4-9(2)18-10/h3-6H,7H2,1-2H3,(H,15,17). The lowest BCUT2D eigenvalue weighted by atomic mass is 10.3. The Labute approximate surface area is 114 Å². The minimum Gasteiger partial charge on any atom is -0.329 e. The third-order valence-electron chi connectivity index (χ3n) is 2.87. The highest BCUT2D eigenvalue weighted by atomic mass is 32.1. The first-order valence-electron chi connectivity index (χ1n) is 5.75. The van der Waals surface area contributed by atoms with Crippen molar-refractivity contribution in [3.63, 3.8) is 0 Å². The molecular formula is C13H13N3S2. The van der Waals surface area contributed by atoms with Gasteiger partial charge >= 0.3 is 0 Å². The molecule has 18 heavy (non-hydrogen) atoms. The van der Waals surface area contributed by atoms with Crippen molar-refractivity contribution < 1.29 is 0 Å². The largest absolute Gasteiger partial charge is 0.329 e. The average molecular weight is 275 g/mol. The Morgan fingerprint density at radius 1 is 1.28 bits per heavy atom. The van der Waals surface area contributed by atoms with Gasteiger partial charge in [-0.1, -0.05) is 0 Å². The van der Waals surface area contributed by atoms with Gasteiger partial charge in [0.1, 0.15) is 0 Å². The van der Waals surface area contributed by atoms with Crippen LogP contribution < -0.4 is 0 Å². The van der Waals surface area contributed by atoms with Crippen LogP contribution in [0.3, 0.4) is 0 Å². The summed E-state index contributed by atoms with van der Waals surface area (Å²) in [4.78, 5) is 10.4. The molecule has 0 aliphatic rings. The summed E-state index contributed by atoms with van der Waals surface area (Å²) in [5, 5.41) is 0. The number of nitrogens with zero attached hydrogens (tertiary/aromatic N) is 2. The Balaban J connectivity index is 2.13. The molecule has 0 atom stereocenters. The van der Waals surface area contributed by atoms with Gasteiger partial charge in [-0.25, -0.2) is 4.98 Å². The number of thiophene rings is 1. The van der Waals surface area contributed by atoms with Gasteiger partial charge in [0.15, 0.2) is 10.4 Å². The van der Waals surface area contributed by atoms with Crippen LogP contribution in [0.25, 0.3) is 11.2 Å². The quantitative estimate of drug-likeness (QED) is 0.721. The van der Waals surface area contributed by atoms with E-state index in [1.165, 1.54) is 9.75 Å². The maximum absolute atomic E-state index is 5.37. The summed E-state index contributed by atoms with van der Waals surface area (Å²) >= 11 is 7.17. The van der Waals surface area contributed by atoms with Gasteiger partial charge in [0.25, 0.3) is 0 Å². The highest BCUT2D eigenvalue weighted by Crippen LogP contribution is 2.19. The van der Waals surface area contributed by atoms with Crippen LogP contribution in [-0.2, 0) is 6.54 Å². The van der Waals surface area contributed by atoms with Crippen molar-refractivity contribution in [1.82, 2.24) is 14.5 Å². The lowest BCUT2D eigenvalue weighted by Gasteiger charge is -2.02. The Morgan fingerprint density at radius 3 is 2.83 bits per heavy atom. The molecule has 3 rings (SSSR count). The molecule has 0 aromatic carbocycles. The second-order valence-electron chi connectivity index (χ2n) is 4.35. The molecule has 3 nitrogen and oxygen atoms in total. The van der Waals surface area contributed by atoms with Crippen molar-refractivity contribution in [1.29, 1.82) is 0 Å². The number of hydrogen-bond acceptors (Lipinski definition) is 3. The zero-order chi connectivity index (χ0) is 12.7. The van der Waals surface area contributed by atoms with E-state index in [0.717, 1.165) is 28.2 Å². The minimum atomic E-state index is 0.731. The molecule has 3 aromatic heterocycles. The molecule has 0 spiro atoms. The monoisotopic (exact) mass is 275 g/mol. The van der Waals surface area contributed by atoms with Gasteiger partial charge in [0.2, 0.25) is 0 Å². The Bertz CT molecular complexity index is 764.